The highest BCUT2D eigenvalue weighted by Gasteiger charge is 2.10. The summed E-state index contributed by atoms with van der Waals surface area (Å²) in [6, 6.07) is 5.14. The lowest BCUT2D eigenvalue weighted by Gasteiger charge is -2.19. The van der Waals surface area contributed by atoms with Crippen molar-refractivity contribution in [3.63, 3.8) is 0 Å². The molecule has 4 nitrogen and oxygen atoms in total. The zero-order chi connectivity index (χ0) is 13.5. The van der Waals surface area contributed by atoms with Gasteiger partial charge in [-0.15, -0.1) is 0 Å². The molecule has 0 aliphatic rings. The molecule has 0 spiro atoms. The Morgan fingerprint density at radius 2 is 2.06 bits per heavy atom. The molecule has 0 aliphatic carbocycles. The fraction of sp³-hybridized carbons (Fsp3) is 0.462. The van der Waals surface area contributed by atoms with Crippen molar-refractivity contribution >= 4 is 27.6 Å². The Morgan fingerprint density at radius 3 is 2.61 bits per heavy atom. The average Bonchev–Trinajstić information content (AvgIpc) is 2.34. The van der Waals surface area contributed by atoms with E-state index >= 15 is 0 Å². The lowest BCUT2D eigenvalue weighted by molar-refractivity contribution is 0.0698. The van der Waals surface area contributed by atoms with Crippen LogP contribution >= 0.6 is 15.9 Å². The van der Waals surface area contributed by atoms with Crippen LogP contribution in [0, 0.1) is 0 Å². The van der Waals surface area contributed by atoms with E-state index in [-0.39, 0.29) is 0 Å². The quantitative estimate of drug-likeness (QED) is 0.812. The van der Waals surface area contributed by atoms with E-state index in [1.807, 2.05) is 0 Å². The predicted octanol–water partition coefficient (Wildman–Crippen LogP) is 2.90. The summed E-state index contributed by atoms with van der Waals surface area (Å²) in [7, 11) is 0. The lowest BCUT2D eigenvalue weighted by atomic mass is 10.2. The molecule has 1 rings (SSSR count). The highest BCUT2D eigenvalue weighted by Crippen LogP contribution is 2.21. The summed E-state index contributed by atoms with van der Waals surface area (Å²) in [6.07, 6.45) is 0. The van der Waals surface area contributed by atoms with Crippen molar-refractivity contribution in [3.05, 3.63) is 28.2 Å². The van der Waals surface area contributed by atoms with Crippen molar-refractivity contribution < 1.29 is 9.90 Å². The molecule has 0 aromatic heterocycles. The maximum atomic E-state index is 11.1. The molecule has 0 saturated heterocycles. The second kappa shape index (κ2) is 7.38. The first-order chi connectivity index (χ1) is 8.58. The van der Waals surface area contributed by atoms with Crippen LogP contribution in [0.3, 0.4) is 0 Å². The number of benzene rings is 1. The van der Waals surface area contributed by atoms with Gasteiger partial charge in [-0.25, -0.2) is 4.79 Å². The number of hydrogen-bond donors (Lipinski definition) is 2. The van der Waals surface area contributed by atoms with Crippen LogP contribution in [0.25, 0.3) is 0 Å². The van der Waals surface area contributed by atoms with Crippen LogP contribution in [-0.2, 0) is 0 Å². The van der Waals surface area contributed by atoms with Crippen LogP contribution in [0.1, 0.15) is 24.2 Å². The van der Waals surface area contributed by atoms with E-state index < -0.39 is 5.97 Å². The average molecular weight is 315 g/mol. The van der Waals surface area contributed by atoms with Gasteiger partial charge in [0.05, 0.1) is 5.56 Å². The Kier molecular flexibility index (Phi) is 6.15. The molecule has 0 saturated carbocycles. The zero-order valence-electron chi connectivity index (χ0n) is 10.7. The van der Waals surface area contributed by atoms with E-state index in [1.54, 1.807) is 18.2 Å². The molecule has 100 valence electrons. The molecular formula is C13H19BrN2O2. The molecule has 0 amide bonds. The van der Waals surface area contributed by atoms with Gasteiger partial charge in [0.1, 0.15) is 0 Å². The number of carboxylic acids is 1. The number of aromatic carboxylic acids is 1. The van der Waals surface area contributed by atoms with Gasteiger partial charge in [0.15, 0.2) is 0 Å². The van der Waals surface area contributed by atoms with Gasteiger partial charge in [0.2, 0.25) is 0 Å². The number of rotatable bonds is 7. The summed E-state index contributed by atoms with van der Waals surface area (Å²) in [6.45, 7) is 7.87. The predicted molar refractivity (Wildman–Crippen MR) is 77.4 cm³/mol. The van der Waals surface area contributed by atoms with Gasteiger partial charge in [-0.05, 0) is 31.3 Å². The minimum Gasteiger partial charge on any atom is -0.478 e. The summed E-state index contributed by atoms with van der Waals surface area (Å²) in [5, 5.41) is 12.3. The van der Waals surface area contributed by atoms with E-state index in [1.165, 1.54) is 0 Å². The van der Waals surface area contributed by atoms with E-state index in [9.17, 15) is 4.79 Å². The molecule has 0 heterocycles. The van der Waals surface area contributed by atoms with Gasteiger partial charge in [-0.3, -0.25) is 0 Å². The van der Waals surface area contributed by atoms with Gasteiger partial charge < -0.3 is 15.3 Å². The van der Waals surface area contributed by atoms with Crippen LogP contribution in [0.15, 0.2) is 22.7 Å². The molecule has 2 N–H and O–H groups in total. The molecule has 5 heteroatoms. The highest BCUT2D eigenvalue weighted by atomic mass is 79.9. The third kappa shape index (κ3) is 4.31. The number of likely N-dealkylation sites (N-methyl/N-ethyl adjacent to an activating group) is 1. The number of anilines is 1. The number of nitrogens with zero attached hydrogens (tertiary/aromatic N) is 1. The first-order valence-electron chi connectivity index (χ1n) is 6.07. The topological polar surface area (TPSA) is 52.6 Å². The SMILES string of the molecule is CCN(CC)CCNc1cc(Br)ccc1C(=O)O. The monoisotopic (exact) mass is 314 g/mol. The number of hydrogen-bond acceptors (Lipinski definition) is 3. The summed E-state index contributed by atoms with van der Waals surface area (Å²) >= 11 is 3.35. The molecule has 0 radical (unpaired) electrons. The van der Waals surface area contributed by atoms with Crippen molar-refractivity contribution in [1.82, 2.24) is 4.90 Å². The van der Waals surface area contributed by atoms with Crippen LogP contribution in [0.5, 0.6) is 0 Å². The first kappa shape index (κ1) is 15.0. The highest BCUT2D eigenvalue weighted by molar-refractivity contribution is 9.10. The van der Waals surface area contributed by atoms with Crippen molar-refractivity contribution in [1.29, 1.82) is 0 Å². The molecule has 1 aromatic carbocycles. The third-order valence-electron chi connectivity index (χ3n) is 2.85. The van der Waals surface area contributed by atoms with E-state index in [2.05, 4.69) is 40.0 Å². The Balaban J connectivity index is 2.66. The van der Waals surface area contributed by atoms with Crippen molar-refractivity contribution in [2.24, 2.45) is 0 Å². The van der Waals surface area contributed by atoms with Gasteiger partial charge in [-0.1, -0.05) is 29.8 Å². The molecule has 0 bridgehead atoms. The van der Waals surface area contributed by atoms with Crippen LogP contribution in [0.4, 0.5) is 5.69 Å². The Labute approximate surface area is 116 Å². The first-order valence-corrected chi connectivity index (χ1v) is 6.86. The molecule has 0 fully saturated rings. The van der Waals surface area contributed by atoms with E-state index in [0.717, 1.165) is 30.7 Å². The summed E-state index contributed by atoms with van der Waals surface area (Å²) in [5.41, 5.74) is 0.960. The second-order valence-electron chi connectivity index (χ2n) is 3.95. The number of carboxylic acid groups (broad SMARTS) is 1. The van der Waals surface area contributed by atoms with Crippen LogP contribution in [0.2, 0.25) is 0 Å². The summed E-state index contributed by atoms with van der Waals surface area (Å²) in [4.78, 5) is 13.4. The largest absolute Gasteiger partial charge is 0.478 e. The van der Waals surface area contributed by atoms with Crippen LogP contribution < -0.4 is 5.32 Å². The van der Waals surface area contributed by atoms with Gasteiger partial charge in [-0.2, -0.15) is 0 Å². The number of carbonyl (C=O) groups is 1. The molecule has 0 unspecified atom stereocenters. The maximum Gasteiger partial charge on any atom is 0.337 e. The van der Waals surface area contributed by atoms with Crippen molar-refractivity contribution in [3.8, 4) is 0 Å². The summed E-state index contributed by atoms with van der Waals surface area (Å²) in [5.74, 6) is -0.909. The minimum atomic E-state index is -0.909. The van der Waals surface area contributed by atoms with Crippen LogP contribution in [-0.4, -0.2) is 42.2 Å². The van der Waals surface area contributed by atoms with Gasteiger partial charge in [0, 0.05) is 23.2 Å². The Morgan fingerprint density at radius 1 is 1.39 bits per heavy atom. The Hall–Kier alpha value is -1.07. The molecule has 1 aromatic rings. The fourth-order valence-electron chi connectivity index (χ4n) is 1.74. The molecular weight excluding hydrogens is 296 g/mol. The second-order valence-corrected chi connectivity index (χ2v) is 4.86. The standard InChI is InChI=1S/C13H19BrN2O2/c1-3-16(4-2)8-7-15-12-9-10(14)5-6-11(12)13(17)18/h5-6,9,15H,3-4,7-8H2,1-2H3,(H,17,18). The summed E-state index contributed by atoms with van der Waals surface area (Å²) < 4.78 is 0.873. The number of nitrogens with one attached hydrogen (secondary N) is 1. The third-order valence-corrected chi connectivity index (χ3v) is 3.34. The van der Waals surface area contributed by atoms with Gasteiger partial charge in [0.25, 0.3) is 0 Å². The Bertz CT molecular complexity index is 406. The molecule has 0 atom stereocenters. The molecule has 0 aliphatic heterocycles. The van der Waals surface area contributed by atoms with Gasteiger partial charge >= 0.3 is 5.97 Å². The van der Waals surface area contributed by atoms with E-state index in [0.29, 0.717) is 11.3 Å². The lowest BCUT2D eigenvalue weighted by Crippen LogP contribution is -2.28. The maximum absolute atomic E-state index is 11.1. The van der Waals surface area contributed by atoms with Crippen molar-refractivity contribution in [2.75, 3.05) is 31.5 Å². The fourth-order valence-corrected chi connectivity index (χ4v) is 2.10. The smallest absolute Gasteiger partial charge is 0.337 e. The zero-order valence-corrected chi connectivity index (χ0v) is 12.3. The number of halogens is 1. The minimum absolute atomic E-state index is 0.303. The molecule has 18 heavy (non-hydrogen) atoms. The van der Waals surface area contributed by atoms with E-state index in [4.69, 9.17) is 5.11 Å². The van der Waals surface area contributed by atoms with Crippen molar-refractivity contribution in [2.45, 2.75) is 13.8 Å². The normalized spacial score (nSPS) is 10.7.